The summed E-state index contributed by atoms with van der Waals surface area (Å²) in [6.07, 6.45) is 2.16. The average Bonchev–Trinajstić information content (AvgIpc) is 2.32. The molecular formula is C14H22BrNO2. The van der Waals surface area contributed by atoms with E-state index in [1.807, 2.05) is 13.0 Å². The van der Waals surface area contributed by atoms with Crippen LogP contribution in [0.15, 0.2) is 16.6 Å². The highest BCUT2D eigenvalue weighted by atomic mass is 79.9. The van der Waals surface area contributed by atoms with Crippen LogP contribution in [0.25, 0.3) is 0 Å². The van der Waals surface area contributed by atoms with Gasteiger partial charge in [-0.2, -0.15) is 0 Å². The molecule has 0 aliphatic heterocycles. The van der Waals surface area contributed by atoms with Gasteiger partial charge in [0, 0.05) is 4.47 Å². The molecule has 0 atom stereocenters. The maximum Gasteiger partial charge on any atom is 0.161 e. The van der Waals surface area contributed by atoms with Gasteiger partial charge in [0.2, 0.25) is 0 Å². The molecule has 0 bridgehead atoms. The molecule has 102 valence electrons. The van der Waals surface area contributed by atoms with Crippen LogP contribution in [0.2, 0.25) is 0 Å². The van der Waals surface area contributed by atoms with Crippen molar-refractivity contribution in [3.63, 3.8) is 0 Å². The molecule has 1 rings (SSSR count). The minimum Gasteiger partial charge on any atom is -0.493 e. The van der Waals surface area contributed by atoms with E-state index in [4.69, 9.17) is 9.47 Å². The van der Waals surface area contributed by atoms with E-state index in [0.29, 0.717) is 6.61 Å². The molecule has 0 heterocycles. The quantitative estimate of drug-likeness (QED) is 0.770. The Hall–Kier alpha value is -0.740. The van der Waals surface area contributed by atoms with E-state index in [2.05, 4.69) is 41.0 Å². The summed E-state index contributed by atoms with van der Waals surface area (Å²) in [5.74, 6) is 1.60. The van der Waals surface area contributed by atoms with Gasteiger partial charge in [-0.1, -0.05) is 15.9 Å². The van der Waals surface area contributed by atoms with Gasteiger partial charge in [-0.05, 0) is 58.1 Å². The van der Waals surface area contributed by atoms with E-state index in [-0.39, 0.29) is 0 Å². The third-order valence-corrected chi connectivity index (χ3v) is 3.42. The first-order valence-electron chi connectivity index (χ1n) is 6.22. The summed E-state index contributed by atoms with van der Waals surface area (Å²) in [6.45, 7) is 3.71. The molecule has 0 saturated heterocycles. The Morgan fingerprint density at radius 2 is 1.94 bits per heavy atom. The number of benzene rings is 1. The van der Waals surface area contributed by atoms with Gasteiger partial charge < -0.3 is 14.4 Å². The molecule has 0 spiro atoms. The largest absolute Gasteiger partial charge is 0.493 e. The molecule has 18 heavy (non-hydrogen) atoms. The van der Waals surface area contributed by atoms with Crippen molar-refractivity contribution in [1.29, 1.82) is 0 Å². The third kappa shape index (κ3) is 4.50. The Labute approximate surface area is 118 Å². The molecule has 1 aromatic rings. The molecule has 0 unspecified atom stereocenters. The lowest BCUT2D eigenvalue weighted by Gasteiger charge is -2.14. The van der Waals surface area contributed by atoms with Crippen LogP contribution in [0.3, 0.4) is 0 Å². The normalized spacial score (nSPS) is 10.8. The van der Waals surface area contributed by atoms with Gasteiger partial charge in [0.05, 0.1) is 13.7 Å². The number of ether oxygens (including phenoxy) is 2. The van der Waals surface area contributed by atoms with E-state index in [0.717, 1.165) is 35.4 Å². The topological polar surface area (TPSA) is 21.7 Å². The first-order chi connectivity index (χ1) is 8.58. The van der Waals surface area contributed by atoms with Crippen molar-refractivity contribution in [2.45, 2.75) is 19.8 Å². The predicted molar refractivity (Wildman–Crippen MR) is 78.7 cm³/mol. The van der Waals surface area contributed by atoms with Gasteiger partial charge in [-0.25, -0.2) is 0 Å². The van der Waals surface area contributed by atoms with Gasteiger partial charge in [0.1, 0.15) is 0 Å². The summed E-state index contributed by atoms with van der Waals surface area (Å²) < 4.78 is 12.0. The van der Waals surface area contributed by atoms with Crippen LogP contribution in [0, 0.1) is 0 Å². The molecule has 0 N–H and O–H groups in total. The van der Waals surface area contributed by atoms with Crippen molar-refractivity contribution < 1.29 is 9.47 Å². The maximum atomic E-state index is 5.59. The fraction of sp³-hybridized carbons (Fsp3) is 0.571. The van der Waals surface area contributed by atoms with Crippen molar-refractivity contribution in [3.8, 4) is 11.5 Å². The molecule has 0 amide bonds. The van der Waals surface area contributed by atoms with E-state index in [1.54, 1.807) is 7.11 Å². The SMILES string of the molecule is CCOc1cc(CCCN(C)C)c(Br)cc1OC. The number of rotatable bonds is 7. The van der Waals surface area contributed by atoms with Crippen LogP contribution in [-0.2, 0) is 6.42 Å². The van der Waals surface area contributed by atoms with E-state index in [1.165, 1.54) is 5.56 Å². The Bertz CT molecular complexity index is 380. The lowest BCUT2D eigenvalue weighted by Crippen LogP contribution is -2.13. The lowest BCUT2D eigenvalue weighted by molar-refractivity contribution is 0.310. The minimum absolute atomic E-state index is 0.648. The Morgan fingerprint density at radius 3 is 2.50 bits per heavy atom. The highest BCUT2D eigenvalue weighted by Crippen LogP contribution is 2.34. The summed E-state index contributed by atoms with van der Waals surface area (Å²) in [6, 6.07) is 4.05. The maximum absolute atomic E-state index is 5.59. The third-order valence-electron chi connectivity index (χ3n) is 2.68. The van der Waals surface area contributed by atoms with Crippen molar-refractivity contribution in [1.82, 2.24) is 4.90 Å². The number of hydrogen-bond acceptors (Lipinski definition) is 3. The fourth-order valence-corrected chi connectivity index (χ4v) is 2.30. The van der Waals surface area contributed by atoms with Crippen molar-refractivity contribution in [3.05, 3.63) is 22.2 Å². The van der Waals surface area contributed by atoms with Gasteiger partial charge in [0.25, 0.3) is 0 Å². The van der Waals surface area contributed by atoms with Crippen molar-refractivity contribution in [2.75, 3.05) is 34.4 Å². The smallest absolute Gasteiger partial charge is 0.161 e. The number of methoxy groups -OCH3 is 1. The zero-order valence-electron chi connectivity index (χ0n) is 11.6. The second-order valence-electron chi connectivity index (χ2n) is 4.43. The molecule has 0 radical (unpaired) electrons. The van der Waals surface area contributed by atoms with E-state index < -0.39 is 0 Å². The monoisotopic (exact) mass is 315 g/mol. The van der Waals surface area contributed by atoms with Gasteiger partial charge in [-0.15, -0.1) is 0 Å². The van der Waals surface area contributed by atoms with Crippen LogP contribution in [0.1, 0.15) is 18.9 Å². The molecule has 0 fully saturated rings. The molecular weight excluding hydrogens is 294 g/mol. The van der Waals surface area contributed by atoms with Crippen LogP contribution in [-0.4, -0.2) is 39.3 Å². The van der Waals surface area contributed by atoms with Crippen molar-refractivity contribution >= 4 is 15.9 Å². The molecule has 0 saturated carbocycles. The summed E-state index contributed by atoms with van der Waals surface area (Å²) >= 11 is 3.59. The Kier molecular flexibility index (Phi) is 6.50. The molecule has 0 aliphatic carbocycles. The van der Waals surface area contributed by atoms with Gasteiger partial charge in [-0.3, -0.25) is 0 Å². The minimum atomic E-state index is 0.648. The predicted octanol–water partition coefficient (Wildman–Crippen LogP) is 3.35. The Balaban J connectivity index is 2.80. The summed E-state index contributed by atoms with van der Waals surface area (Å²) in [7, 11) is 5.85. The second kappa shape index (κ2) is 7.64. The van der Waals surface area contributed by atoms with Gasteiger partial charge >= 0.3 is 0 Å². The van der Waals surface area contributed by atoms with Gasteiger partial charge in [0.15, 0.2) is 11.5 Å². The molecule has 0 aliphatic rings. The number of nitrogens with zero attached hydrogens (tertiary/aromatic N) is 1. The number of aryl methyl sites for hydroxylation is 1. The summed E-state index contributed by atoms with van der Waals surface area (Å²) in [5.41, 5.74) is 1.26. The van der Waals surface area contributed by atoms with Crippen LogP contribution >= 0.6 is 15.9 Å². The Morgan fingerprint density at radius 1 is 1.22 bits per heavy atom. The van der Waals surface area contributed by atoms with E-state index in [9.17, 15) is 0 Å². The molecule has 0 aromatic heterocycles. The summed E-state index contributed by atoms with van der Waals surface area (Å²) in [5, 5.41) is 0. The zero-order chi connectivity index (χ0) is 13.5. The van der Waals surface area contributed by atoms with Crippen LogP contribution < -0.4 is 9.47 Å². The average molecular weight is 316 g/mol. The second-order valence-corrected chi connectivity index (χ2v) is 5.29. The highest BCUT2D eigenvalue weighted by molar-refractivity contribution is 9.10. The number of halogens is 1. The van der Waals surface area contributed by atoms with Crippen LogP contribution in [0.4, 0.5) is 0 Å². The first-order valence-corrected chi connectivity index (χ1v) is 7.01. The standard InChI is InChI=1S/C14H22BrNO2/c1-5-18-14-9-11(7-6-8-16(2)3)12(15)10-13(14)17-4/h9-10H,5-8H2,1-4H3. The van der Waals surface area contributed by atoms with Crippen molar-refractivity contribution in [2.24, 2.45) is 0 Å². The molecule has 3 nitrogen and oxygen atoms in total. The lowest BCUT2D eigenvalue weighted by atomic mass is 10.1. The summed E-state index contributed by atoms with van der Waals surface area (Å²) in [4.78, 5) is 2.20. The van der Waals surface area contributed by atoms with E-state index >= 15 is 0 Å². The highest BCUT2D eigenvalue weighted by Gasteiger charge is 2.09. The fourth-order valence-electron chi connectivity index (χ4n) is 1.78. The zero-order valence-corrected chi connectivity index (χ0v) is 13.2. The molecule has 4 heteroatoms. The molecule has 1 aromatic carbocycles. The van der Waals surface area contributed by atoms with Crippen LogP contribution in [0.5, 0.6) is 11.5 Å². The number of hydrogen-bond donors (Lipinski definition) is 0. The first kappa shape index (κ1) is 15.3.